The molecule has 0 aromatic heterocycles. The quantitative estimate of drug-likeness (QED) is 0.808. The third-order valence-electron chi connectivity index (χ3n) is 1.84. The van der Waals surface area contributed by atoms with Crippen LogP contribution in [0.2, 0.25) is 0 Å². The van der Waals surface area contributed by atoms with E-state index < -0.39 is 0 Å². The van der Waals surface area contributed by atoms with Crippen molar-refractivity contribution in [2.45, 2.75) is 5.25 Å². The van der Waals surface area contributed by atoms with Crippen LogP contribution in [0.3, 0.4) is 0 Å². The van der Waals surface area contributed by atoms with E-state index in [9.17, 15) is 0 Å². The highest BCUT2D eigenvalue weighted by molar-refractivity contribution is 9.10. The molecule has 0 spiro atoms. The summed E-state index contributed by atoms with van der Waals surface area (Å²) >= 11 is 7.26. The molecule has 1 atom stereocenters. The third-order valence-corrected chi connectivity index (χ3v) is 4.26. The summed E-state index contributed by atoms with van der Waals surface area (Å²) in [5, 5.41) is 0.628. The first-order chi connectivity index (χ1) is 6.27. The van der Waals surface area contributed by atoms with Gasteiger partial charge in [-0.2, -0.15) is 23.5 Å². The summed E-state index contributed by atoms with van der Waals surface area (Å²) in [6.45, 7) is 0. The number of hydrogen-bond acceptors (Lipinski definition) is 2. The van der Waals surface area contributed by atoms with E-state index in [4.69, 9.17) is 0 Å². The van der Waals surface area contributed by atoms with Crippen LogP contribution in [0.1, 0.15) is 10.8 Å². The molecule has 1 unspecified atom stereocenters. The van der Waals surface area contributed by atoms with Crippen LogP contribution in [-0.4, -0.2) is 18.3 Å². The summed E-state index contributed by atoms with van der Waals surface area (Å²) in [5.74, 6) is 1.18. The first-order valence-corrected chi connectivity index (χ1v) is 7.52. The molecule has 1 rings (SSSR count). The van der Waals surface area contributed by atoms with E-state index in [2.05, 4.69) is 52.7 Å². The van der Waals surface area contributed by atoms with E-state index >= 15 is 0 Å². The summed E-state index contributed by atoms with van der Waals surface area (Å²) in [4.78, 5) is 0. The molecular weight excluding hydrogens is 264 g/mol. The van der Waals surface area contributed by atoms with Crippen molar-refractivity contribution in [3.05, 3.63) is 34.3 Å². The highest BCUT2D eigenvalue weighted by Crippen LogP contribution is 2.30. The fourth-order valence-corrected chi connectivity index (χ4v) is 3.27. The zero-order chi connectivity index (χ0) is 9.68. The predicted molar refractivity (Wildman–Crippen MR) is 68.8 cm³/mol. The molecule has 72 valence electrons. The monoisotopic (exact) mass is 276 g/mol. The van der Waals surface area contributed by atoms with Gasteiger partial charge in [-0.1, -0.05) is 28.1 Å². The second-order valence-corrected chi connectivity index (χ2v) is 5.60. The maximum absolute atomic E-state index is 3.44. The molecule has 13 heavy (non-hydrogen) atoms. The van der Waals surface area contributed by atoms with E-state index in [1.54, 1.807) is 0 Å². The Morgan fingerprint density at radius 1 is 1.23 bits per heavy atom. The van der Waals surface area contributed by atoms with Crippen LogP contribution in [0, 0.1) is 0 Å². The van der Waals surface area contributed by atoms with Crippen molar-refractivity contribution in [2.75, 3.05) is 18.3 Å². The largest absolute Gasteiger partial charge is 0.164 e. The van der Waals surface area contributed by atoms with Gasteiger partial charge in [0.1, 0.15) is 0 Å². The number of rotatable bonds is 4. The number of halogens is 1. The minimum atomic E-state index is 0.628. The summed E-state index contributed by atoms with van der Waals surface area (Å²) in [7, 11) is 0. The van der Waals surface area contributed by atoms with Crippen LogP contribution in [0.15, 0.2) is 28.7 Å². The fraction of sp³-hybridized carbons (Fsp3) is 0.400. The molecule has 0 fully saturated rings. The van der Waals surface area contributed by atoms with E-state index in [1.807, 2.05) is 23.5 Å². The Hall–Kier alpha value is 0.400. The topological polar surface area (TPSA) is 0 Å². The Balaban J connectivity index is 2.73. The van der Waals surface area contributed by atoms with Gasteiger partial charge in [-0.05, 0) is 30.2 Å². The number of benzene rings is 1. The second kappa shape index (κ2) is 5.99. The lowest BCUT2D eigenvalue weighted by Crippen LogP contribution is -1.95. The molecule has 1 aromatic rings. The summed E-state index contributed by atoms with van der Waals surface area (Å²) < 4.78 is 1.15. The minimum Gasteiger partial charge on any atom is -0.164 e. The number of hydrogen-bond donors (Lipinski definition) is 0. The van der Waals surface area contributed by atoms with Crippen LogP contribution in [0.25, 0.3) is 0 Å². The van der Waals surface area contributed by atoms with E-state index in [0.717, 1.165) is 4.47 Å². The number of thioether (sulfide) groups is 2. The molecule has 0 aliphatic carbocycles. The Labute approximate surface area is 97.0 Å². The molecule has 0 radical (unpaired) electrons. The van der Waals surface area contributed by atoms with Crippen molar-refractivity contribution in [3.8, 4) is 0 Å². The van der Waals surface area contributed by atoms with Crippen molar-refractivity contribution in [3.63, 3.8) is 0 Å². The molecule has 0 nitrogen and oxygen atoms in total. The zero-order valence-corrected chi connectivity index (χ0v) is 11.0. The lowest BCUT2D eigenvalue weighted by Gasteiger charge is -2.13. The average Bonchev–Trinajstić information content (AvgIpc) is 2.16. The maximum atomic E-state index is 3.44. The molecular formula is C10H13BrS2. The molecule has 3 heteroatoms. The van der Waals surface area contributed by atoms with Crippen molar-refractivity contribution in [2.24, 2.45) is 0 Å². The Bertz CT molecular complexity index is 246. The molecule has 0 amide bonds. The van der Waals surface area contributed by atoms with Gasteiger partial charge in [-0.15, -0.1) is 0 Å². The summed E-state index contributed by atoms with van der Waals surface area (Å²) in [5.41, 5.74) is 1.42. The molecule has 0 heterocycles. The predicted octanol–water partition coefficient (Wildman–Crippen LogP) is 4.22. The van der Waals surface area contributed by atoms with E-state index in [-0.39, 0.29) is 0 Å². The zero-order valence-electron chi connectivity index (χ0n) is 7.79. The highest BCUT2D eigenvalue weighted by Gasteiger charge is 2.08. The minimum absolute atomic E-state index is 0.628. The lowest BCUT2D eigenvalue weighted by atomic mass is 10.2. The van der Waals surface area contributed by atoms with Crippen molar-refractivity contribution in [1.82, 2.24) is 0 Å². The SMILES string of the molecule is CSCC(SC)c1ccc(Br)cc1. The van der Waals surface area contributed by atoms with Crippen molar-refractivity contribution >= 4 is 39.5 Å². The Morgan fingerprint density at radius 2 is 1.85 bits per heavy atom. The van der Waals surface area contributed by atoms with Gasteiger partial charge in [0.2, 0.25) is 0 Å². The molecule has 0 saturated carbocycles. The van der Waals surface area contributed by atoms with E-state index in [1.165, 1.54) is 11.3 Å². The molecule has 0 bridgehead atoms. The standard InChI is InChI=1S/C10H13BrS2/c1-12-7-10(13-2)8-3-5-9(11)6-4-8/h3-6,10H,7H2,1-2H3. The van der Waals surface area contributed by atoms with Crippen LogP contribution in [0.5, 0.6) is 0 Å². The first kappa shape index (κ1) is 11.5. The van der Waals surface area contributed by atoms with Gasteiger partial charge in [0.15, 0.2) is 0 Å². The van der Waals surface area contributed by atoms with Gasteiger partial charge in [-0.25, -0.2) is 0 Å². The van der Waals surface area contributed by atoms with Gasteiger partial charge in [0, 0.05) is 15.5 Å². The molecule has 0 aliphatic heterocycles. The first-order valence-electron chi connectivity index (χ1n) is 4.05. The molecule has 0 saturated heterocycles. The summed E-state index contributed by atoms with van der Waals surface area (Å²) in [6, 6.07) is 8.61. The molecule has 0 N–H and O–H groups in total. The Kier molecular flexibility index (Phi) is 5.29. The van der Waals surface area contributed by atoms with Crippen LogP contribution in [-0.2, 0) is 0 Å². The molecule has 1 aromatic carbocycles. The van der Waals surface area contributed by atoms with E-state index in [0.29, 0.717) is 5.25 Å². The molecule has 0 aliphatic rings. The maximum Gasteiger partial charge on any atom is 0.0384 e. The lowest BCUT2D eigenvalue weighted by molar-refractivity contribution is 1.12. The Morgan fingerprint density at radius 3 is 2.31 bits per heavy atom. The van der Waals surface area contributed by atoms with Gasteiger partial charge in [0.25, 0.3) is 0 Å². The smallest absolute Gasteiger partial charge is 0.0384 e. The van der Waals surface area contributed by atoms with Crippen LogP contribution in [0.4, 0.5) is 0 Å². The van der Waals surface area contributed by atoms with Gasteiger partial charge in [0.05, 0.1) is 0 Å². The van der Waals surface area contributed by atoms with Gasteiger partial charge in [-0.3, -0.25) is 0 Å². The normalized spacial score (nSPS) is 12.8. The van der Waals surface area contributed by atoms with Gasteiger partial charge < -0.3 is 0 Å². The van der Waals surface area contributed by atoms with Crippen molar-refractivity contribution in [1.29, 1.82) is 0 Å². The van der Waals surface area contributed by atoms with Gasteiger partial charge >= 0.3 is 0 Å². The third kappa shape index (κ3) is 3.56. The second-order valence-electron chi connectivity index (χ2n) is 2.73. The van der Waals surface area contributed by atoms with Crippen LogP contribution < -0.4 is 0 Å². The fourth-order valence-electron chi connectivity index (χ4n) is 1.13. The van der Waals surface area contributed by atoms with Crippen LogP contribution >= 0.6 is 39.5 Å². The highest BCUT2D eigenvalue weighted by atomic mass is 79.9. The van der Waals surface area contributed by atoms with Crippen molar-refractivity contribution < 1.29 is 0 Å². The average molecular weight is 277 g/mol. The summed E-state index contributed by atoms with van der Waals surface area (Å²) in [6.07, 6.45) is 4.32.